The second-order valence-electron chi connectivity index (χ2n) is 6.63. The first-order valence-corrected chi connectivity index (χ1v) is 9.35. The Hall–Kier alpha value is -3.08. The van der Waals surface area contributed by atoms with Gasteiger partial charge in [0.1, 0.15) is 5.75 Å². The number of hydrogen-bond donors (Lipinski definition) is 0. The minimum atomic E-state index is 0.154. The molecule has 2 heterocycles. The highest BCUT2D eigenvalue weighted by Gasteiger charge is 2.22. The molecule has 1 aliphatic heterocycles. The summed E-state index contributed by atoms with van der Waals surface area (Å²) in [6.07, 6.45) is 2.24. The van der Waals surface area contributed by atoms with Gasteiger partial charge in [-0.05, 0) is 24.3 Å². The Labute approximate surface area is 159 Å². The SMILES string of the molecule is O=C(CCOc1ccccc1)N1CCN(c2cccc3cccnc23)CC1. The summed E-state index contributed by atoms with van der Waals surface area (Å²) in [5.74, 6) is 0.959. The average molecular weight is 361 g/mol. The molecule has 1 aromatic heterocycles. The monoisotopic (exact) mass is 361 g/mol. The van der Waals surface area contributed by atoms with Crippen LogP contribution >= 0.6 is 0 Å². The zero-order valence-electron chi connectivity index (χ0n) is 15.3. The number of piperazine rings is 1. The van der Waals surface area contributed by atoms with Crippen molar-refractivity contribution >= 4 is 22.5 Å². The molecule has 1 fully saturated rings. The number of ether oxygens (including phenoxy) is 1. The average Bonchev–Trinajstić information content (AvgIpc) is 2.74. The molecule has 27 heavy (non-hydrogen) atoms. The van der Waals surface area contributed by atoms with Crippen LogP contribution < -0.4 is 9.64 Å². The zero-order valence-corrected chi connectivity index (χ0v) is 15.3. The Morgan fingerprint density at radius 2 is 1.70 bits per heavy atom. The molecule has 1 aliphatic rings. The first-order chi connectivity index (χ1) is 13.3. The predicted octanol–water partition coefficient (Wildman–Crippen LogP) is 3.35. The Morgan fingerprint density at radius 3 is 2.52 bits per heavy atom. The molecule has 5 nitrogen and oxygen atoms in total. The molecule has 0 spiro atoms. The van der Waals surface area contributed by atoms with E-state index in [4.69, 9.17) is 4.74 Å². The molecule has 0 atom stereocenters. The lowest BCUT2D eigenvalue weighted by Crippen LogP contribution is -2.49. The number of pyridine rings is 1. The number of rotatable bonds is 5. The maximum atomic E-state index is 12.5. The zero-order chi connectivity index (χ0) is 18.5. The van der Waals surface area contributed by atoms with Crippen LogP contribution in [0.1, 0.15) is 6.42 Å². The lowest BCUT2D eigenvalue weighted by atomic mass is 10.1. The normalized spacial score (nSPS) is 14.4. The number of nitrogens with zero attached hydrogens (tertiary/aromatic N) is 3. The number of fused-ring (bicyclic) bond motifs is 1. The molecule has 0 bridgehead atoms. The maximum absolute atomic E-state index is 12.5. The van der Waals surface area contributed by atoms with E-state index in [0.29, 0.717) is 13.0 Å². The maximum Gasteiger partial charge on any atom is 0.226 e. The van der Waals surface area contributed by atoms with Gasteiger partial charge in [0.05, 0.1) is 24.2 Å². The lowest BCUT2D eigenvalue weighted by Gasteiger charge is -2.36. The number of carbonyl (C=O) groups excluding carboxylic acids is 1. The molecular weight excluding hydrogens is 338 g/mol. The molecule has 5 heteroatoms. The van der Waals surface area contributed by atoms with Crippen LogP contribution in [0.4, 0.5) is 5.69 Å². The predicted molar refractivity (Wildman–Crippen MR) is 107 cm³/mol. The van der Waals surface area contributed by atoms with Crippen LogP contribution in [0.2, 0.25) is 0 Å². The first kappa shape index (κ1) is 17.3. The van der Waals surface area contributed by atoms with Gasteiger partial charge in [-0.3, -0.25) is 9.78 Å². The largest absolute Gasteiger partial charge is 0.493 e. The highest BCUT2D eigenvalue weighted by molar-refractivity contribution is 5.90. The van der Waals surface area contributed by atoms with E-state index in [1.54, 1.807) is 0 Å². The minimum absolute atomic E-state index is 0.154. The van der Waals surface area contributed by atoms with Crippen LogP contribution in [0.15, 0.2) is 66.9 Å². The van der Waals surface area contributed by atoms with E-state index in [0.717, 1.165) is 48.5 Å². The first-order valence-electron chi connectivity index (χ1n) is 9.35. The van der Waals surface area contributed by atoms with Gasteiger partial charge in [-0.1, -0.05) is 36.4 Å². The summed E-state index contributed by atoms with van der Waals surface area (Å²) in [5, 5.41) is 1.14. The highest BCUT2D eigenvalue weighted by Crippen LogP contribution is 2.25. The summed E-state index contributed by atoms with van der Waals surface area (Å²) in [4.78, 5) is 21.3. The number of carbonyl (C=O) groups is 1. The topological polar surface area (TPSA) is 45.7 Å². The highest BCUT2D eigenvalue weighted by atomic mass is 16.5. The van der Waals surface area contributed by atoms with E-state index in [1.807, 2.05) is 47.5 Å². The van der Waals surface area contributed by atoms with Gasteiger partial charge in [-0.25, -0.2) is 0 Å². The second-order valence-corrected chi connectivity index (χ2v) is 6.63. The van der Waals surface area contributed by atoms with Gasteiger partial charge in [0.25, 0.3) is 0 Å². The van der Waals surface area contributed by atoms with Gasteiger partial charge >= 0.3 is 0 Å². The fourth-order valence-corrected chi connectivity index (χ4v) is 3.47. The quantitative estimate of drug-likeness (QED) is 0.699. The Balaban J connectivity index is 1.31. The molecule has 0 N–H and O–H groups in total. The van der Waals surface area contributed by atoms with Crippen LogP contribution in [0.25, 0.3) is 10.9 Å². The van der Waals surface area contributed by atoms with Crippen molar-refractivity contribution < 1.29 is 9.53 Å². The summed E-state index contributed by atoms with van der Waals surface area (Å²) >= 11 is 0. The summed E-state index contributed by atoms with van der Waals surface area (Å²) < 4.78 is 5.64. The van der Waals surface area contributed by atoms with Gasteiger partial charge in [0.15, 0.2) is 0 Å². The van der Waals surface area contributed by atoms with Crippen molar-refractivity contribution in [1.82, 2.24) is 9.88 Å². The van der Waals surface area contributed by atoms with Crippen LogP contribution in [0, 0.1) is 0 Å². The van der Waals surface area contributed by atoms with E-state index in [9.17, 15) is 4.79 Å². The molecule has 0 unspecified atom stereocenters. The molecule has 4 rings (SSSR count). The van der Waals surface area contributed by atoms with E-state index < -0.39 is 0 Å². The summed E-state index contributed by atoms with van der Waals surface area (Å²) in [6.45, 7) is 3.51. The van der Waals surface area contributed by atoms with Crippen LogP contribution in [-0.4, -0.2) is 48.6 Å². The fourth-order valence-electron chi connectivity index (χ4n) is 3.47. The molecule has 3 aromatic rings. The van der Waals surface area contributed by atoms with E-state index >= 15 is 0 Å². The van der Waals surface area contributed by atoms with E-state index in [1.165, 1.54) is 0 Å². The Kier molecular flexibility index (Phi) is 5.19. The fraction of sp³-hybridized carbons (Fsp3) is 0.273. The number of para-hydroxylation sites is 2. The summed E-state index contributed by atoms with van der Waals surface area (Å²) in [6, 6.07) is 19.9. The van der Waals surface area contributed by atoms with Crippen LogP contribution in [-0.2, 0) is 4.79 Å². The van der Waals surface area contributed by atoms with Crippen molar-refractivity contribution in [3.05, 3.63) is 66.9 Å². The number of anilines is 1. The van der Waals surface area contributed by atoms with Crippen molar-refractivity contribution in [2.75, 3.05) is 37.7 Å². The van der Waals surface area contributed by atoms with Gasteiger partial charge in [0, 0.05) is 37.8 Å². The minimum Gasteiger partial charge on any atom is -0.493 e. The van der Waals surface area contributed by atoms with Crippen LogP contribution in [0.5, 0.6) is 5.75 Å². The van der Waals surface area contributed by atoms with Gasteiger partial charge < -0.3 is 14.5 Å². The standard InChI is InChI=1S/C22H23N3O2/c26-21(11-17-27-19-8-2-1-3-9-19)25-15-13-24(14-16-25)20-10-4-6-18-7-5-12-23-22(18)20/h1-10,12H,11,13-17H2. The van der Waals surface area contributed by atoms with Crippen molar-refractivity contribution in [2.45, 2.75) is 6.42 Å². The smallest absolute Gasteiger partial charge is 0.226 e. The number of hydrogen-bond acceptors (Lipinski definition) is 4. The summed E-state index contributed by atoms with van der Waals surface area (Å²) in [7, 11) is 0. The van der Waals surface area contributed by atoms with E-state index in [-0.39, 0.29) is 5.91 Å². The number of aromatic nitrogens is 1. The number of benzene rings is 2. The second kappa shape index (κ2) is 8.08. The third kappa shape index (κ3) is 4.03. The van der Waals surface area contributed by atoms with Crippen LogP contribution in [0.3, 0.4) is 0 Å². The lowest BCUT2D eigenvalue weighted by molar-refractivity contribution is -0.132. The van der Waals surface area contributed by atoms with Gasteiger partial charge in [-0.2, -0.15) is 0 Å². The van der Waals surface area contributed by atoms with Crippen molar-refractivity contribution in [1.29, 1.82) is 0 Å². The molecular formula is C22H23N3O2. The van der Waals surface area contributed by atoms with Crippen molar-refractivity contribution in [3.63, 3.8) is 0 Å². The molecule has 1 amide bonds. The van der Waals surface area contributed by atoms with Crippen molar-refractivity contribution in [3.8, 4) is 5.75 Å². The Bertz CT molecular complexity index is 900. The molecule has 1 saturated heterocycles. The third-order valence-corrected chi connectivity index (χ3v) is 4.91. The summed E-state index contributed by atoms with van der Waals surface area (Å²) in [5.41, 5.74) is 2.17. The van der Waals surface area contributed by atoms with Gasteiger partial charge in [0.2, 0.25) is 5.91 Å². The Morgan fingerprint density at radius 1 is 0.926 bits per heavy atom. The van der Waals surface area contributed by atoms with Crippen molar-refractivity contribution in [2.24, 2.45) is 0 Å². The molecule has 0 aliphatic carbocycles. The molecule has 0 radical (unpaired) electrons. The third-order valence-electron chi connectivity index (χ3n) is 4.91. The number of amides is 1. The molecule has 2 aromatic carbocycles. The van der Waals surface area contributed by atoms with E-state index in [2.05, 4.69) is 34.1 Å². The van der Waals surface area contributed by atoms with Gasteiger partial charge in [-0.15, -0.1) is 0 Å². The molecule has 138 valence electrons. The molecule has 0 saturated carbocycles.